The number of sulfonamides is 1. The van der Waals surface area contributed by atoms with Gasteiger partial charge in [0.05, 0.1) is 51.2 Å². The van der Waals surface area contributed by atoms with Crippen LogP contribution in [0.4, 0.5) is 11.4 Å². The first-order valence-corrected chi connectivity index (χ1v) is 13.6. The molecule has 12 heteroatoms. The van der Waals surface area contributed by atoms with Crippen LogP contribution < -0.4 is 28.6 Å². The van der Waals surface area contributed by atoms with Gasteiger partial charge in [-0.15, -0.1) is 0 Å². The molecule has 0 aliphatic rings. The molecule has 0 heterocycles. The molecule has 0 fully saturated rings. The molecule has 0 bridgehead atoms. The summed E-state index contributed by atoms with van der Waals surface area (Å²) in [6.45, 7) is 2.91. The Labute approximate surface area is 233 Å². The lowest BCUT2D eigenvalue weighted by Crippen LogP contribution is -2.38. The minimum atomic E-state index is -4.37. The molecule has 0 aliphatic carbocycles. The maximum Gasteiger partial charge on any atom is 0.338 e. The highest BCUT2D eigenvalue weighted by atomic mass is 32.2. The Morgan fingerprint density at radius 1 is 0.850 bits per heavy atom. The lowest BCUT2D eigenvalue weighted by Gasteiger charge is -2.26. The van der Waals surface area contributed by atoms with Gasteiger partial charge in [0.2, 0.25) is 5.91 Å². The number of anilines is 2. The average Bonchev–Trinajstić information content (AvgIpc) is 2.96. The van der Waals surface area contributed by atoms with Gasteiger partial charge in [-0.1, -0.05) is 6.07 Å². The largest absolute Gasteiger partial charge is 0.497 e. The highest BCUT2D eigenvalue weighted by molar-refractivity contribution is 7.92. The van der Waals surface area contributed by atoms with E-state index < -0.39 is 28.4 Å². The molecule has 0 radical (unpaired) electrons. The second-order valence-corrected chi connectivity index (χ2v) is 10.2. The number of rotatable bonds is 12. The Kier molecular flexibility index (Phi) is 9.83. The van der Waals surface area contributed by atoms with Gasteiger partial charge in [0.15, 0.2) is 11.5 Å². The minimum Gasteiger partial charge on any atom is -0.497 e. The smallest absolute Gasteiger partial charge is 0.338 e. The lowest BCUT2D eigenvalue weighted by atomic mass is 10.1. The zero-order valence-corrected chi connectivity index (χ0v) is 24.0. The van der Waals surface area contributed by atoms with E-state index in [2.05, 4.69) is 5.32 Å². The van der Waals surface area contributed by atoms with Gasteiger partial charge in [0.25, 0.3) is 10.0 Å². The molecule has 3 aromatic carbocycles. The number of amides is 1. The molecule has 0 saturated carbocycles. The number of nitrogens with zero attached hydrogens (tertiary/aromatic N) is 1. The van der Waals surface area contributed by atoms with Gasteiger partial charge in [-0.25, -0.2) is 13.2 Å². The van der Waals surface area contributed by atoms with E-state index in [-0.39, 0.29) is 34.3 Å². The molecule has 3 aromatic rings. The Bertz CT molecular complexity index is 1490. The molecule has 0 aliphatic heterocycles. The highest BCUT2D eigenvalue weighted by Gasteiger charge is 2.31. The van der Waals surface area contributed by atoms with Gasteiger partial charge in [0, 0.05) is 17.8 Å². The van der Waals surface area contributed by atoms with Crippen LogP contribution >= 0.6 is 0 Å². The van der Waals surface area contributed by atoms with Crippen molar-refractivity contribution in [1.29, 1.82) is 0 Å². The SMILES string of the molecule is CCOC(=O)c1cccc(NC(=O)CN(c2cc(OC)ccc2OC)S(=O)(=O)c2ccc(OC)c(OC)c2)c1C. The van der Waals surface area contributed by atoms with Crippen molar-refractivity contribution in [2.45, 2.75) is 18.7 Å². The number of carbonyl (C=O) groups excluding carboxylic acids is 2. The van der Waals surface area contributed by atoms with E-state index in [4.69, 9.17) is 23.7 Å². The van der Waals surface area contributed by atoms with E-state index >= 15 is 0 Å². The third kappa shape index (κ3) is 6.40. The van der Waals surface area contributed by atoms with E-state index in [0.29, 0.717) is 22.7 Å². The third-order valence-corrected chi connectivity index (χ3v) is 7.74. The number of ether oxygens (including phenoxy) is 5. The maximum atomic E-state index is 14.0. The van der Waals surface area contributed by atoms with Crippen LogP contribution in [0.5, 0.6) is 23.0 Å². The normalized spacial score (nSPS) is 10.8. The molecule has 0 atom stereocenters. The quantitative estimate of drug-likeness (QED) is 0.320. The predicted molar refractivity (Wildman–Crippen MR) is 149 cm³/mol. The van der Waals surface area contributed by atoms with Crippen LogP contribution in [0, 0.1) is 6.92 Å². The molecule has 11 nitrogen and oxygen atoms in total. The maximum absolute atomic E-state index is 14.0. The summed E-state index contributed by atoms with van der Waals surface area (Å²) >= 11 is 0. The standard InChI is InChI=1S/C28H32N2O9S/c1-7-39-28(32)21-9-8-10-22(18(21)2)29-27(31)17-30(23-15-19(35-3)11-13-24(23)36-4)40(33,34)20-12-14-25(37-5)26(16-20)38-6/h8-16H,7,17H2,1-6H3,(H,29,31). The molecule has 0 aromatic heterocycles. The van der Waals surface area contributed by atoms with E-state index in [1.165, 1.54) is 58.8 Å². The van der Waals surface area contributed by atoms with Crippen LogP contribution in [0.2, 0.25) is 0 Å². The summed E-state index contributed by atoms with van der Waals surface area (Å²) in [5.74, 6) is -0.133. The van der Waals surface area contributed by atoms with Gasteiger partial charge in [0.1, 0.15) is 18.0 Å². The molecule has 1 N–H and O–H groups in total. The molecule has 0 spiro atoms. The zero-order chi connectivity index (χ0) is 29.4. The zero-order valence-electron chi connectivity index (χ0n) is 23.1. The summed E-state index contributed by atoms with van der Waals surface area (Å²) in [4.78, 5) is 25.5. The van der Waals surface area contributed by atoms with Crippen LogP contribution in [-0.4, -0.2) is 61.9 Å². The Morgan fingerprint density at radius 2 is 1.52 bits per heavy atom. The molecule has 40 heavy (non-hydrogen) atoms. The van der Waals surface area contributed by atoms with Crippen molar-refractivity contribution in [2.24, 2.45) is 0 Å². The summed E-state index contributed by atoms with van der Waals surface area (Å²) < 4.78 is 55.3. The minimum absolute atomic E-state index is 0.0729. The number of nitrogens with one attached hydrogen (secondary N) is 1. The van der Waals surface area contributed by atoms with Gasteiger partial charge in [-0.05, 0) is 55.8 Å². The van der Waals surface area contributed by atoms with Crippen LogP contribution in [-0.2, 0) is 19.6 Å². The molecule has 0 saturated heterocycles. The molecular weight excluding hydrogens is 540 g/mol. The van der Waals surface area contributed by atoms with Crippen LogP contribution in [0.25, 0.3) is 0 Å². The topological polar surface area (TPSA) is 130 Å². The molecule has 3 rings (SSSR count). The first-order chi connectivity index (χ1) is 19.1. The van der Waals surface area contributed by atoms with Gasteiger partial charge < -0.3 is 29.0 Å². The Hall–Kier alpha value is -4.45. The molecule has 1 amide bonds. The first kappa shape index (κ1) is 30.1. The molecule has 214 valence electrons. The van der Waals surface area contributed by atoms with Crippen molar-refractivity contribution in [3.63, 3.8) is 0 Å². The van der Waals surface area contributed by atoms with Crippen LogP contribution in [0.15, 0.2) is 59.5 Å². The van der Waals surface area contributed by atoms with Crippen molar-refractivity contribution < 1.29 is 41.7 Å². The van der Waals surface area contributed by atoms with E-state index in [0.717, 1.165) is 4.31 Å². The fourth-order valence-corrected chi connectivity index (χ4v) is 5.36. The number of methoxy groups -OCH3 is 4. The summed E-state index contributed by atoms with van der Waals surface area (Å²) in [5.41, 5.74) is 1.16. The van der Waals surface area contributed by atoms with E-state index in [1.807, 2.05) is 0 Å². The monoisotopic (exact) mass is 572 g/mol. The van der Waals surface area contributed by atoms with Crippen molar-refractivity contribution in [1.82, 2.24) is 0 Å². The fraction of sp³-hybridized carbons (Fsp3) is 0.286. The first-order valence-electron chi connectivity index (χ1n) is 12.1. The number of esters is 1. The van der Waals surface area contributed by atoms with Gasteiger partial charge in [-0.3, -0.25) is 9.10 Å². The van der Waals surface area contributed by atoms with Crippen molar-refractivity contribution >= 4 is 33.3 Å². The number of hydrogen-bond acceptors (Lipinski definition) is 9. The highest BCUT2D eigenvalue weighted by Crippen LogP contribution is 2.37. The molecule has 0 unspecified atom stereocenters. The van der Waals surface area contributed by atoms with Crippen LogP contribution in [0.1, 0.15) is 22.8 Å². The molecular formula is C28H32N2O9S. The Balaban J connectivity index is 2.08. The second kappa shape index (κ2) is 13.1. The van der Waals surface area contributed by atoms with E-state index in [9.17, 15) is 18.0 Å². The van der Waals surface area contributed by atoms with Crippen molar-refractivity contribution in [2.75, 3.05) is 51.2 Å². The van der Waals surface area contributed by atoms with Gasteiger partial charge >= 0.3 is 5.97 Å². The van der Waals surface area contributed by atoms with Crippen molar-refractivity contribution in [3.05, 3.63) is 65.7 Å². The summed E-state index contributed by atoms with van der Waals surface area (Å²) in [6, 6.07) is 13.5. The van der Waals surface area contributed by atoms with Crippen LogP contribution in [0.3, 0.4) is 0 Å². The number of hydrogen-bond donors (Lipinski definition) is 1. The average molecular weight is 573 g/mol. The summed E-state index contributed by atoms with van der Waals surface area (Å²) in [5, 5.41) is 2.71. The summed E-state index contributed by atoms with van der Waals surface area (Å²) in [7, 11) is 1.27. The Morgan fingerprint density at radius 3 is 2.15 bits per heavy atom. The fourth-order valence-electron chi connectivity index (χ4n) is 3.92. The second-order valence-electron chi connectivity index (χ2n) is 8.31. The number of carbonyl (C=O) groups is 2. The van der Waals surface area contributed by atoms with Crippen molar-refractivity contribution in [3.8, 4) is 23.0 Å². The summed E-state index contributed by atoms with van der Waals surface area (Å²) in [6.07, 6.45) is 0. The van der Waals surface area contributed by atoms with E-state index in [1.54, 1.807) is 38.1 Å². The predicted octanol–water partition coefficient (Wildman–Crippen LogP) is 4.04. The van der Waals surface area contributed by atoms with Gasteiger partial charge in [-0.2, -0.15) is 0 Å². The lowest BCUT2D eigenvalue weighted by molar-refractivity contribution is -0.114. The third-order valence-electron chi connectivity index (χ3n) is 5.99. The number of benzene rings is 3.